The summed E-state index contributed by atoms with van der Waals surface area (Å²) >= 11 is 12.1. The first kappa shape index (κ1) is 33.2. The molecule has 11 heteroatoms. The van der Waals surface area contributed by atoms with E-state index in [9.17, 15) is 18.0 Å². The van der Waals surface area contributed by atoms with Gasteiger partial charge in [0.25, 0.3) is 10.0 Å². The summed E-state index contributed by atoms with van der Waals surface area (Å²) in [4.78, 5) is 28.9. The monoisotopic (exact) mass is 633 g/mol. The number of sulfonamides is 1. The minimum Gasteiger partial charge on any atom is -0.494 e. The van der Waals surface area contributed by atoms with E-state index in [-0.39, 0.29) is 29.1 Å². The minimum absolute atomic E-state index is 0.0283. The Kier molecular flexibility index (Phi) is 12.1. The van der Waals surface area contributed by atoms with Crippen molar-refractivity contribution in [3.8, 4) is 5.75 Å². The number of hydrogen-bond donors (Lipinski definition) is 1. The molecule has 226 valence electrons. The highest BCUT2D eigenvalue weighted by molar-refractivity contribution is 7.92. The lowest BCUT2D eigenvalue weighted by Gasteiger charge is -2.33. The van der Waals surface area contributed by atoms with Gasteiger partial charge in [0.1, 0.15) is 18.3 Å². The van der Waals surface area contributed by atoms with Crippen LogP contribution in [0.2, 0.25) is 10.0 Å². The number of halogens is 2. The van der Waals surface area contributed by atoms with Crippen molar-refractivity contribution in [1.29, 1.82) is 0 Å². The summed E-state index contributed by atoms with van der Waals surface area (Å²) < 4.78 is 34.5. The number of nitrogens with zero attached hydrogens (tertiary/aromatic N) is 2. The van der Waals surface area contributed by atoms with E-state index < -0.39 is 28.5 Å². The molecule has 0 aromatic heterocycles. The van der Waals surface area contributed by atoms with Gasteiger partial charge in [0.2, 0.25) is 11.8 Å². The Hall–Kier alpha value is -3.27. The molecule has 0 bridgehead atoms. The zero-order valence-corrected chi connectivity index (χ0v) is 26.5. The second kappa shape index (κ2) is 15.3. The summed E-state index contributed by atoms with van der Waals surface area (Å²) in [5.74, 6) is -0.279. The van der Waals surface area contributed by atoms with Crippen molar-refractivity contribution in [3.05, 3.63) is 88.4 Å². The Labute approximate surface area is 258 Å². The maximum absolute atomic E-state index is 14.1. The summed E-state index contributed by atoms with van der Waals surface area (Å²) in [7, 11) is -4.21. The van der Waals surface area contributed by atoms with E-state index in [1.54, 1.807) is 48.5 Å². The standard InChI is InChI=1S/C31H37Cl2N3O5S/c1-5-22(4)34-31(38)29(6-2)35(20-23-8-10-24(32)11-9-23)30(37)21-36(26-14-16-27(17-15-26)41-7-3)42(39,40)28-18-12-25(33)13-19-28/h8-19,22,29H,5-7,20-21H2,1-4H3,(H,34,38)/t22-,29+/m1/s1. The molecule has 0 aliphatic carbocycles. The molecule has 0 saturated carbocycles. The fourth-order valence-corrected chi connectivity index (χ4v) is 5.95. The van der Waals surface area contributed by atoms with Gasteiger partial charge in [-0.3, -0.25) is 13.9 Å². The van der Waals surface area contributed by atoms with Crippen LogP contribution in [-0.2, 0) is 26.2 Å². The minimum atomic E-state index is -4.21. The van der Waals surface area contributed by atoms with E-state index >= 15 is 0 Å². The molecule has 8 nitrogen and oxygen atoms in total. The summed E-state index contributed by atoms with van der Waals surface area (Å²) in [6.45, 7) is 7.50. The van der Waals surface area contributed by atoms with Gasteiger partial charge in [-0.1, -0.05) is 49.2 Å². The van der Waals surface area contributed by atoms with Crippen LogP contribution in [0, 0.1) is 0 Å². The third-order valence-electron chi connectivity index (χ3n) is 6.77. The lowest BCUT2D eigenvalue weighted by atomic mass is 10.1. The van der Waals surface area contributed by atoms with E-state index in [1.165, 1.54) is 29.2 Å². The number of anilines is 1. The molecule has 0 aliphatic heterocycles. The first-order chi connectivity index (χ1) is 20.0. The smallest absolute Gasteiger partial charge is 0.264 e. The fourth-order valence-electron chi connectivity index (χ4n) is 4.28. The normalized spacial score (nSPS) is 12.7. The van der Waals surface area contributed by atoms with Gasteiger partial charge < -0.3 is 15.0 Å². The molecular weight excluding hydrogens is 597 g/mol. The Morgan fingerprint density at radius 1 is 0.857 bits per heavy atom. The quantitative estimate of drug-likeness (QED) is 0.224. The molecule has 3 rings (SSSR count). The molecule has 0 fully saturated rings. The Morgan fingerprint density at radius 3 is 1.95 bits per heavy atom. The molecule has 1 N–H and O–H groups in total. The van der Waals surface area contributed by atoms with E-state index in [1.807, 2.05) is 27.7 Å². The largest absolute Gasteiger partial charge is 0.494 e. The second-order valence-corrected chi connectivity index (χ2v) is 12.5. The Morgan fingerprint density at radius 2 is 1.43 bits per heavy atom. The van der Waals surface area contributed by atoms with E-state index in [0.717, 1.165) is 16.3 Å². The van der Waals surface area contributed by atoms with Gasteiger partial charge in [-0.15, -0.1) is 0 Å². The molecule has 0 unspecified atom stereocenters. The summed E-state index contributed by atoms with van der Waals surface area (Å²) in [6, 6.07) is 18.2. The maximum atomic E-state index is 14.1. The van der Waals surface area contributed by atoms with Crippen LogP contribution in [0.1, 0.15) is 46.1 Å². The molecule has 3 aromatic carbocycles. The predicted molar refractivity (Wildman–Crippen MR) is 168 cm³/mol. The summed E-state index contributed by atoms with van der Waals surface area (Å²) in [5, 5.41) is 3.88. The number of rotatable bonds is 14. The van der Waals surface area contributed by atoms with Gasteiger partial charge in [0.15, 0.2) is 0 Å². The summed E-state index contributed by atoms with van der Waals surface area (Å²) in [5.41, 5.74) is 1.01. The number of carbonyl (C=O) groups excluding carboxylic acids is 2. The van der Waals surface area contributed by atoms with Crippen molar-refractivity contribution < 1.29 is 22.7 Å². The molecule has 42 heavy (non-hydrogen) atoms. The highest BCUT2D eigenvalue weighted by Gasteiger charge is 2.34. The van der Waals surface area contributed by atoms with Crippen LogP contribution in [-0.4, -0.2) is 50.4 Å². The maximum Gasteiger partial charge on any atom is 0.264 e. The number of ether oxygens (including phenoxy) is 1. The van der Waals surface area contributed by atoms with Crippen molar-refractivity contribution in [2.24, 2.45) is 0 Å². The molecule has 2 amide bonds. The molecule has 0 heterocycles. The molecule has 0 spiro atoms. The van der Waals surface area contributed by atoms with E-state index in [2.05, 4.69) is 5.32 Å². The topological polar surface area (TPSA) is 96.0 Å². The van der Waals surface area contributed by atoms with Crippen LogP contribution in [0.5, 0.6) is 5.75 Å². The molecule has 0 aliphatic rings. The lowest BCUT2D eigenvalue weighted by molar-refractivity contribution is -0.140. The highest BCUT2D eigenvalue weighted by atomic mass is 35.5. The van der Waals surface area contributed by atoms with Crippen molar-refractivity contribution >= 4 is 50.7 Å². The number of amides is 2. The van der Waals surface area contributed by atoms with Crippen molar-refractivity contribution in [2.75, 3.05) is 17.5 Å². The second-order valence-electron chi connectivity index (χ2n) is 9.78. The third kappa shape index (κ3) is 8.63. The van der Waals surface area contributed by atoms with Crippen LogP contribution < -0.4 is 14.4 Å². The molecule has 3 aromatic rings. The van der Waals surface area contributed by atoms with Crippen molar-refractivity contribution in [1.82, 2.24) is 10.2 Å². The first-order valence-corrected chi connectivity index (χ1v) is 16.0. The average molecular weight is 635 g/mol. The van der Waals surface area contributed by atoms with Gasteiger partial charge in [0, 0.05) is 22.6 Å². The molecule has 2 atom stereocenters. The van der Waals surface area contributed by atoms with Gasteiger partial charge in [-0.25, -0.2) is 8.42 Å². The fraction of sp³-hybridized carbons (Fsp3) is 0.355. The Balaban J connectivity index is 2.05. The van der Waals surface area contributed by atoms with Gasteiger partial charge >= 0.3 is 0 Å². The van der Waals surface area contributed by atoms with Crippen molar-refractivity contribution in [3.63, 3.8) is 0 Å². The average Bonchev–Trinajstić information content (AvgIpc) is 2.97. The van der Waals surface area contributed by atoms with Crippen LogP contribution in [0.15, 0.2) is 77.7 Å². The molecule has 0 saturated heterocycles. The SMILES string of the molecule is CCOc1ccc(N(CC(=O)N(Cc2ccc(Cl)cc2)[C@@H](CC)C(=O)N[C@H](C)CC)S(=O)(=O)c2ccc(Cl)cc2)cc1. The van der Waals surface area contributed by atoms with Crippen LogP contribution in [0.25, 0.3) is 0 Å². The van der Waals surface area contributed by atoms with Crippen LogP contribution >= 0.6 is 23.2 Å². The number of benzene rings is 3. The highest BCUT2D eigenvalue weighted by Crippen LogP contribution is 2.27. The first-order valence-electron chi connectivity index (χ1n) is 13.9. The zero-order valence-electron chi connectivity index (χ0n) is 24.2. The van der Waals surface area contributed by atoms with Gasteiger partial charge in [-0.05, 0) is 92.9 Å². The van der Waals surface area contributed by atoms with E-state index in [0.29, 0.717) is 28.8 Å². The number of hydrogen-bond acceptors (Lipinski definition) is 5. The van der Waals surface area contributed by atoms with Gasteiger partial charge in [-0.2, -0.15) is 0 Å². The lowest BCUT2D eigenvalue weighted by Crippen LogP contribution is -2.53. The number of carbonyl (C=O) groups is 2. The zero-order chi connectivity index (χ0) is 30.9. The van der Waals surface area contributed by atoms with Crippen LogP contribution in [0.3, 0.4) is 0 Å². The van der Waals surface area contributed by atoms with Gasteiger partial charge in [0.05, 0.1) is 17.2 Å². The third-order valence-corrected chi connectivity index (χ3v) is 9.06. The van der Waals surface area contributed by atoms with E-state index in [4.69, 9.17) is 27.9 Å². The van der Waals surface area contributed by atoms with Crippen LogP contribution in [0.4, 0.5) is 5.69 Å². The molecule has 0 radical (unpaired) electrons. The predicted octanol–water partition coefficient (Wildman–Crippen LogP) is 6.31. The summed E-state index contributed by atoms with van der Waals surface area (Å²) in [6.07, 6.45) is 1.05. The Bertz CT molecular complexity index is 1430. The number of nitrogens with one attached hydrogen (secondary N) is 1. The van der Waals surface area contributed by atoms with Crippen molar-refractivity contribution in [2.45, 2.75) is 64.1 Å². The molecular formula is C31H37Cl2N3O5S.